The second-order valence-electron chi connectivity index (χ2n) is 5.26. The number of nitrogens with one attached hydrogen (secondary N) is 2. The first-order valence-corrected chi connectivity index (χ1v) is 7.20. The van der Waals surface area contributed by atoms with Crippen molar-refractivity contribution < 1.29 is 9.47 Å². The second kappa shape index (κ2) is 8.39. The summed E-state index contributed by atoms with van der Waals surface area (Å²) in [7, 11) is 5.06. The normalized spacial score (nSPS) is 13.0. The molecule has 21 heavy (non-hydrogen) atoms. The maximum atomic E-state index is 5.43. The number of nitrogens with zero attached hydrogens (tertiary/aromatic N) is 1. The molecule has 1 unspecified atom stereocenters. The number of rotatable bonds is 6. The number of hydrogen-bond acceptors (Lipinski definition) is 3. The highest BCUT2D eigenvalue weighted by Gasteiger charge is 2.12. The molecular weight excluding hydrogens is 266 g/mol. The molecule has 5 nitrogen and oxygen atoms in total. The molecule has 0 amide bonds. The van der Waals surface area contributed by atoms with Crippen molar-refractivity contribution >= 4 is 5.96 Å². The fourth-order valence-corrected chi connectivity index (χ4v) is 1.85. The molecule has 0 aliphatic rings. The van der Waals surface area contributed by atoms with Gasteiger partial charge in [-0.3, -0.25) is 4.99 Å². The SMILES string of the molecule is CN=C(NCc1cccc(OC)c1OC)NC(C)C(C)C. The smallest absolute Gasteiger partial charge is 0.191 e. The number of aliphatic imine (C=N–C) groups is 1. The highest BCUT2D eigenvalue weighted by molar-refractivity contribution is 5.80. The molecule has 0 fully saturated rings. The van der Waals surface area contributed by atoms with E-state index >= 15 is 0 Å². The van der Waals surface area contributed by atoms with E-state index in [1.54, 1.807) is 21.3 Å². The highest BCUT2D eigenvalue weighted by Crippen LogP contribution is 2.30. The van der Waals surface area contributed by atoms with Gasteiger partial charge in [0.25, 0.3) is 0 Å². The predicted molar refractivity (Wildman–Crippen MR) is 87.2 cm³/mol. The molecule has 0 aromatic heterocycles. The summed E-state index contributed by atoms with van der Waals surface area (Å²) in [6, 6.07) is 6.19. The Morgan fingerprint density at radius 1 is 1.19 bits per heavy atom. The van der Waals surface area contributed by atoms with E-state index in [1.807, 2.05) is 18.2 Å². The van der Waals surface area contributed by atoms with E-state index in [4.69, 9.17) is 9.47 Å². The molecule has 1 aromatic rings. The molecule has 0 saturated carbocycles. The first-order valence-electron chi connectivity index (χ1n) is 7.20. The molecule has 0 aliphatic heterocycles. The fourth-order valence-electron chi connectivity index (χ4n) is 1.85. The minimum absolute atomic E-state index is 0.350. The van der Waals surface area contributed by atoms with Gasteiger partial charge in [0.15, 0.2) is 17.5 Å². The third-order valence-electron chi connectivity index (χ3n) is 3.52. The van der Waals surface area contributed by atoms with E-state index in [2.05, 4.69) is 36.4 Å². The van der Waals surface area contributed by atoms with Crippen LogP contribution in [-0.4, -0.2) is 33.3 Å². The number of guanidine groups is 1. The highest BCUT2D eigenvalue weighted by atomic mass is 16.5. The van der Waals surface area contributed by atoms with Gasteiger partial charge in [0.05, 0.1) is 14.2 Å². The molecule has 5 heteroatoms. The Morgan fingerprint density at radius 3 is 2.43 bits per heavy atom. The van der Waals surface area contributed by atoms with Gasteiger partial charge in [-0.15, -0.1) is 0 Å². The summed E-state index contributed by atoms with van der Waals surface area (Å²) < 4.78 is 10.7. The zero-order chi connectivity index (χ0) is 15.8. The summed E-state index contributed by atoms with van der Waals surface area (Å²) in [6.45, 7) is 7.11. The Morgan fingerprint density at radius 2 is 1.90 bits per heavy atom. The van der Waals surface area contributed by atoms with Crippen molar-refractivity contribution in [2.75, 3.05) is 21.3 Å². The maximum Gasteiger partial charge on any atom is 0.191 e. The predicted octanol–water partition coefficient (Wildman–Crippen LogP) is 2.41. The van der Waals surface area contributed by atoms with E-state index < -0.39 is 0 Å². The molecule has 0 aliphatic carbocycles. The third kappa shape index (κ3) is 4.85. The van der Waals surface area contributed by atoms with E-state index in [0.717, 1.165) is 23.0 Å². The lowest BCUT2D eigenvalue weighted by Gasteiger charge is -2.21. The topological polar surface area (TPSA) is 54.9 Å². The van der Waals surface area contributed by atoms with Crippen LogP contribution in [0.1, 0.15) is 26.3 Å². The minimum atomic E-state index is 0.350. The van der Waals surface area contributed by atoms with E-state index in [-0.39, 0.29) is 0 Å². The van der Waals surface area contributed by atoms with Crippen LogP contribution in [0.3, 0.4) is 0 Å². The van der Waals surface area contributed by atoms with Crippen LogP contribution in [0.25, 0.3) is 0 Å². The zero-order valence-corrected chi connectivity index (χ0v) is 13.9. The van der Waals surface area contributed by atoms with Gasteiger partial charge in [-0.05, 0) is 18.9 Å². The van der Waals surface area contributed by atoms with Crippen LogP contribution in [0.5, 0.6) is 11.5 Å². The van der Waals surface area contributed by atoms with Gasteiger partial charge in [0, 0.05) is 25.2 Å². The van der Waals surface area contributed by atoms with Crippen molar-refractivity contribution in [3.63, 3.8) is 0 Å². The van der Waals surface area contributed by atoms with Crippen LogP contribution in [0.4, 0.5) is 0 Å². The van der Waals surface area contributed by atoms with Crippen molar-refractivity contribution in [1.29, 1.82) is 0 Å². The van der Waals surface area contributed by atoms with E-state index in [0.29, 0.717) is 18.5 Å². The zero-order valence-electron chi connectivity index (χ0n) is 13.9. The van der Waals surface area contributed by atoms with Crippen molar-refractivity contribution in [3.8, 4) is 11.5 Å². The lowest BCUT2D eigenvalue weighted by Crippen LogP contribution is -2.43. The van der Waals surface area contributed by atoms with Crippen molar-refractivity contribution in [2.24, 2.45) is 10.9 Å². The van der Waals surface area contributed by atoms with Crippen LogP contribution in [0.2, 0.25) is 0 Å². The lowest BCUT2D eigenvalue weighted by atomic mass is 10.1. The summed E-state index contributed by atoms with van der Waals surface area (Å²) in [4.78, 5) is 4.25. The van der Waals surface area contributed by atoms with Crippen LogP contribution >= 0.6 is 0 Å². The molecule has 1 atom stereocenters. The number of para-hydroxylation sites is 1. The minimum Gasteiger partial charge on any atom is -0.493 e. The Bertz CT molecular complexity index is 473. The molecule has 0 saturated heterocycles. The van der Waals surface area contributed by atoms with Crippen molar-refractivity contribution in [3.05, 3.63) is 23.8 Å². The molecule has 118 valence electrons. The van der Waals surface area contributed by atoms with Gasteiger partial charge in [0.2, 0.25) is 0 Å². The Labute approximate surface area is 127 Å². The van der Waals surface area contributed by atoms with Crippen molar-refractivity contribution in [2.45, 2.75) is 33.4 Å². The molecule has 2 N–H and O–H groups in total. The van der Waals surface area contributed by atoms with Gasteiger partial charge in [-0.2, -0.15) is 0 Å². The summed E-state index contributed by atoms with van der Waals surface area (Å²) in [5, 5.41) is 6.67. The Hall–Kier alpha value is -1.91. The van der Waals surface area contributed by atoms with Crippen LogP contribution in [0, 0.1) is 5.92 Å². The van der Waals surface area contributed by atoms with Gasteiger partial charge >= 0.3 is 0 Å². The molecule has 0 radical (unpaired) electrons. The van der Waals surface area contributed by atoms with Gasteiger partial charge in [-0.25, -0.2) is 0 Å². The molecule has 0 bridgehead atoms. The van der Waals surface area contributed by atoms with Gasteiger partial charge in [0.1, 0.15) is 0 Å². The van der Waals surface area contributed by atoms with Crippen molar-refractivity contribution in [1.82, 2.24) is 10.6 Å². The quantitative estimate of drug-likeness (QED) is 0.625. The largest absolute Gasteiger partial charge is 0.493 e. The summed E-state index contributed by atoms with van der Waals surface area (Å²) in [5.41, 5.74) is 1.03. The number of ether oxygens (including phenoxy) is 2. The summed E-state index contributed by atoms with van der Waals surface area (Å²) in [5.74, 6) is 2.80. The molecule has 0 spiro atoms. The monoisotopic (exact) mass is 293 g/mol. The van der Waals surface area contributed by atoms with Crippen LogP contribution < -0.4 is 20.1 Å². The first kappa shape index (κ1) is 17.1. The van der Waals surface area contributed by atoms with Gasteiger partial charge < -0.3 is 20.1 Å². The molecule has 0 heterocycles. The fraction of sp³-hybridized carbons (Fsp3) is 0.562. The van der Waals surface area contributed by atoms with Crippen LogP contribution in [0.15, 0.2) is 23.2 Å². The summed E-state index contributed by atoms with van der Waals surface area (Å²) in [6.07, 6.45) is 0. The molecule has 1 aromatic carbocycles. The average molecular weight is 293 g/mol. The standard InChI is InChI=1S/C16H27N3O2/c1-11(2)12(3)19-16(17-4)18-10-13-8-7-9-14(20-5)15(13)21-6/h7-9,11-12H,10H2,1-6H3,(H2,17,18,19). The van der Waals surface area contributed by atoms with Gasteiger partial charge in [-0.1, -0.05) is 26.0 Å². The third-order valence-corrected chi connectivity index (χ3v) is 3.52. The Kier molecular flexibility index (Phi) is 6.85. The number of hydrogen-bond donors (Lipinski definition) is 2. The summed E-state index contributed by atoms with van der Waals surface area (Å²) >= 11 is 0. The first-order chi connectivity index (χ1) is 10.0. The number of benzene rings is 1. The number of methoxy groups -OCH3 is 2. The lowest BCUT2D eigenvalue weighted by molar-refractivity contribution is 0.351. The van der Waals surface area contributed by atoms with Crippen LogP contribution in [-0.2, 0) is 6.54 Å². The second-order valence-corrected chi connectivity index (χ2v) is 5.26. The molecular formula is C16H27N3O2. The Balaban J connectivity index is 2.74. The van der Waals surface area contributed by atoms with E-state index in [9.17, 15) is 0 Å². The maximum absolute atomic E-state index is 5.43. The van der Waals surface area contributed by atoms with E-state index in [1.165, 1.54) is 0 Å². The average Bonchev–Trinajstić information content (AvgIpc) is 2.50. The molecule has 1 rings (SSSR count).